The summed E-state index contributed by atoms with van der Waals surface area (Å²) in [6.07, 6.45) is 8.23. The Bertz CT molecular complexity index is 116. The Hall–Kier alpha value is 0.440. The fourth-order valence-electron chi connectivity index (χ4n) is 1.77. The molecule has 0 aromatic carbocycles. The van der Waals surface area contributed by atoms with Crippen LogP contribution in [0.5, 0.6) is 0 Å². The topological polar surface area (TPSA) is 3.24 Å². The fraction of sp³-hybridized carbons (Fsp3) is 1.00. The molecule has 1 aliphatic heterocycles. The molecule has 1 nitrogen and oxygen atoms in total. The van der Waals surface area contributed by atoms with Gasteiger partial charge in [-0.3, -0.25) is 4.90 Å². The van der Waals surface area contributed by atoms with Crippen LogP contribution >= 0.6 is 15.9 Å². The zero-order chi connectivity index (χ0) is 8.81. The average Bonchev–Trinajstić information content (AvgIpc) is 2.09. The van der Waals surface area contributed by atoms with Gasteiger partial charge in [0.1, 0.15) is 0 Å². The number of unbranched alkanes of at least 4 members (excludes halogenated alkanes) is 2. The van der Waals surface area contributed by atoms with Crippen LogP contribution in [-0.4, -0.2) is 22.9 Å². The summed E-state index contributed by atoms with van der Waals surface area (Å²) in [6, 6.07) is 0. The van der Waals surface area contributed by atoms with Crippen molar-refractivity contribution in [2.75, 3.05) is 13.1 Å². The molecule has 1 aliphatic rings. The molecular weight excluding hydrogens is 214 g/mol. The van der Waals surface area contributed by atoms with Crippen molar-refractivity contribution >= 4 is 15.9 Å². The van der Waals surface area contributed by atoms with Crippen LogP contribution < -0.4 is 0 Å². The number of alkyl halides is 1. The third kappa shape index (κ3) is 3.44. The van der Waals surface area contributed by atoms with Gasteiger partial charge in [-0.2, -0.15) is 0 Å². The maximum atomic E-state index is 3.73. The molecule has 0 spiro atoms. The van der Waals surface area contributed by atoms with Crippen molar-refractivity contribution in [3.8, 4) is 0 Å². The molecule has 0 N–H and O–H groups in total. The first-order chi connectivity index (χ1) is 5.84. The summed E-state index contributed by atoms with van der Waals surface area (Å²) in [5.41, 5.74) is 0. The first kappa shape index (κ1) is 10.5. The van der Waals surface area contributed by atoms with Crippen LogP contribution in [0.2, 0.25) is 0 Å². The molecular formula is C10H20BrN. The molecule has 1 atom stereocenters. The number of likely N-dealkylation sites (tertiary alicyclic amines) is 1. The minimum absolute atomic E-state index is 0.670. The van der Waals surface area contributed by atoms with E-state index in [0.717, 1.165) is 0 Å². The molecule has 1 saturated heterocycles. The minimum atomic E-state index is 0.670. The Morgan fingerprint density at radius 1 is 1.33 bits per heavy atom. The number of piperidine rings is 1. The Morgan fingerprint density at radius 2 is 2.17 bits per heavy atom. The van der Waals surface area contributed by atoms with Crippen molar-refractivity contribution in [1.29, 1.82) is 0 Å². The van der Waals surface area contributed by atoms with E-state index in [2.05, 4.69) is 27.8 Å². The van der Waals surface area contributed by atoms with Crippen LogP contribution in [0.3, 0.4) is 0 Å². The van der Waals surface area contributed by atoms with E-state index in [-0.39, 0.29) is 0 Å². The minimum Gasteiger partial charge on any atom is -0.291 e. The van der Waals surface area contributed by atoms with E-state index < -0.39 is 0 Å². The second-order valence-corrected chi connectivity index (χ2v) is 4.73. The van der Waals surface area contributed by atoms with E-state index in [0.29, 0.717) is 4.95 Å². The first-order valence-corrected chi connectivity index (χ1v) is 6.14. The molecule has 72 valence electrons. The van der Waals surface area contributed by atoms with E-state index in [4.69, 9.17) is 0 Å². The number of rotatable bonds is 4. The highest BCUT2D eigenvalue weighted by Crippen LogP contribution is 2.21. The van der Waals surface area contributed by atoms with Crippen LogP contribution in [0.15, 0.2) is 0 Å². The van der Waals surface area contributed by atoms with Gasteiger partial charge in [0.05, 0.1) is 4.95 Å². The van der Waals surface area contributed by atoms with E-state index in [1.165, 1.54) is 51.6 Å². The fourth-order valence-corrected chi connectivity index (χ4v) is 2.50. The van der Waals surface area contributed by atoms with Gasteiger partial charge in [0.2, 0.25) is 0 Å². The molecule has 1 fully saturated rings. The van der Waals surface area contributed by atoms with Crippen LogP contribution in [-0.2, 0) is 0 Å². The van der Waals surface area contributed by atoms with E-state index in [1.807, 2.05) is 0 Å². The molecule has 0 aliphatic carbocycles. The summed E-state index contributed by atoms with van der Waals surface area (Å²) in [5, 5.41) is 0. The lowest BCUT2D eigenvalue weighted by Gasteiger charge is -2.31. The van der Waals surface area contributed by atoms with Gasteiger partial charge in [-0.25, -0.2) is 0 Å². The molecule has 0 saturated carbocycles. The van der Waals surface area contributed by atoms with E-state index >= 15 is 0 Å². The van der Waals surface area contributed by atoms with Crippen molar-refractivity contribution < 1.29 is 0 Å². The molecule has 1 unspecified atom stereocenters. The zero-order valence-corrected chi connectivity index (χ0v) is 9.65. The van der Waals surface area contributed by atoms with Crippen LogP contribution in [0.1, 0.15) is 45.4 Å². The molecule has 0 aromatic heterocycles. The maximum Gasteiger partial charge on any atom is 0.0655 e. The quantitative estimate of drug-likeness (QED) is 0.409. The lowest BCUT2D eigenvalue weighted by Crippen LogP contribution is -2.36. The standard InChI is InChI=1S/C10H20BrN/c1-2-3-5-8-12-9-6-4-7-10(12)11/h10H,2-9H2,1H3. The highest BCUT2D eigenvalue weighted by atomic mass is 79.9. The van der Waals surface area contributed by atoms with E-state index in [9.17, 15) is 0 Å². The summed E-state index contributed by atoms with van der Waals surface area (Å²) >= 11 is 3.73. The molecule has 0 amide bonds. The number of hydrogen-bond donors (Lipinski definition) is 0. The Kier molecular flexibility index (Phi) is 5.24. The summed E-state index contributed by atoms with van der Waals surface area (Å²) in [4.78, 5) is 3.25. The Morgan fingerprint density at radius 3 is 2.83 bits per heavy atom. The van der Waals surface area contributed by atoms with Gasteiger partial charge in [0, 0.05) is 0 Å². The number of nitrogens with zero attached hydrogens (tertiary/aromatic N) is 1. The zero-order valence-electron chi connectivity index (χ0n) is 8.06. The predicted molar refractivity (Wildman–Crippen MR) is 57.7 cm³/mol. The molecule has 0 radical (unpaired) electrons. The van der Waals surface area contributed by atoms with Crippen molar-refractivity contribution in [2.24, 2.45) is 0 Å². The van der Waals surface area contributed by atoms with Crippen molar-refractivity contribution in [3.63, 3.8) is 0 Å². The number of hydrogen-bond acceptors (Lipinski definition) is 1. The third-order valence-electron chi connectivity index (χ3n) is 2.58. The molecule has 1 heterocycles. The summed E-state index contributed by atoms with van der Waals surface area (Å²) < 4.78 is 0. The first-order valence-electron chi connectivity index (χ1n) is 5.22. The maximum absolute atomic E-state index is 3.73. The lowest BCUT2D eigenvalue weighted by molar-refractivity contribution is 0.206. The van der Waals surface area contributed by atoms with Crippen LogP contribution in [0.4, 0.5) is 0 Å². The van der Waals surface area contributed by atoms with Gasteiger partial charge < -0.3 is 0 Å². The highest BCUT2D eigenvalue weighted by molar-refractivity contribution is 9.09. The summed E-state index contributed by atoms with van der Waals surface area (Å²) in [7, 11) is 0. The van der Waals surface area contributed by atoms with Gasteiger partial charge in [-0.1, -0.05) is 35.7 Å². The van der Waals surface area contributed by atoms with E-state index in [1.54, 1.807) is 0 Å². The Balaban J connectivity index is 2.11. The van der Waals surface area contributed by atoms with Crippen LogP contribution in [0, 0.1) is 0 Å². The third-order valence-corrected chi connectivity index (χ3v) is 3.62. The predicted octanol–water partition coefficient (Wildman–Crippen LogP) is 3.38. The second kappa shape index (κ2) is 5.98. The molecule has 12 heavy (non-hydrogen) atoms. The lowest BCUT2D eigenvalue weighted by atomic mass is 10.1. The van der Waals surface area contributed by atoms with Crippen molar-refractivity contribution in [2.45, 2.75) is 50.4 Å². The molecule has 0 bridgehead atoms. The van der Waals surface area contributed by atoms with Gasteiger partial charge in [0.25, 0.3) is 0 Å². The second-order valence-electron chi connectivity index (χ2n) is 3.67. The number of halogens is 1. The van der Waals surface area contributed by atoms with Gasteiger partial charge >= 0.3 is 0 Å². The van der Waals surface area contributed by atoms with Gasteiger partial charge in [-0.15, -0.1) is 0 Å². The molecule has 0 aromatic rings. The smallest absolute Gasteiger partial charge is 0.0655 e. The van der Waals surface area contributed by atoms with Gasteiger partial charge in [-0.05, 0) is 38.8 Å². The van der Waals surface area contributed by atoms with Crippen LogP contribution in [0.25, 0.3) is 0 Å². The normalized spacial score (nSPS) is 26.0. The molecule has 2 heteroatoms. The highest BCUT2D eigenvalue weighted by Gasteiger charge is 2.18. The average molecular weight is 234 g/mol. The van der Waals surface area contributed by atoms with Crippen molar-refractivity contribution in [1.82, 2.24) is 4.90 Å². The Labute approximate surface area is 84.6 Å². The molecule has 1 rings (SSSR count). The largest absolute Gasteiger partial charge is 0.291 e. The van der Waals surface area contributed by atoms with Gasteiger partial charge in [0.15, 0.2) is 0 Å². The SMILES string of the molecule is CCCCCN1CCCCC1Br. The summed E-state index contributed by atoms with van der Waals surface area (Å²) in [5.74, 6) is 0. The summed E-state index contributed by atoms with van der Waals surface area (Å²) in [6.45, 7) is 4.87. The van der Waals surface area contributed by atoms with Crippen molar-refractivity contribution in [3.05, 3.63) is 0 Å². The monoisotopic (exact) mass is 233 g/mol.